The summed E-state index contributed by atoms with van der Waals surface area (Å²) >= 11 is 0. The smallest absolute Gasteiger partial charge is 0.310 e. The van der Waals surface area contributed by atoms with Crippen LogP contribution in [0.15, 0.2) is 12.2 Å². The second-order valence-electron chi connectivity index (χ2n) is 7.84. The maximum Gasteiger partial charge on any atom is 0.310 e. The van der Waals surface area contributed by atoms with Gasteiger partial charge >= 0.3 is 11.9 Å². The van der Waals surface area contributed by atoms with Crippen molar-refractivity contribution in [2.75, 3.05) is 40.4 Å². The third-order valence-corrected chi connectivity index (χ3v) is 5.30. The van der Waals surface area contributed by atoms with Crippen LogP contribution >= 0.6 is 0 Å². The van der Waals surface area contributed by atoms with Crippen molar-refractivity contribution in [1.82, 2.24) is 9.80 Å². The molecular weight excluding hydrogens is 352 g/mol. The number of piperidine rings is 2. The topological polar surface area (TPSA) is 93.2 Å². The van der Waals surface area contributed by atoms with Crippen LogP contribution in [0.3, 0.4) is 0 Å². The molecule has 27 heavy (non-hydrogen) atoms. The second-order valence-corrected chi connectivity index (χ2v) is 7.84. The molecule has 2 aliphatic rings. The maximum absolute atomic E-state index is 12.7. The van der Waals surface area contributed by atoms with E-state index in [0.717, 1.165) is 0 Å². The quantitative estimate of drug-likeness (QED) is 0.513. The largest absolute Gasteiger partial charge is 0.469 e. The fourth-order valence-electron chi connectivity index (χ4n) is 3.84. The third-order valence-electron chi connectivity index (χ3n) is 5.30. The molecule has 2 saturated heterocycles. The van der Waals surface area contributed by atoms with Crippen molar-refractivity contribution in [2.24, 2.45) is 17.3 Å². The number of ether oxygens (including phenoxy) is 2. The summed E-state index contributed by atoms with van der Waals surface area (Å²) in [5.74, 6) is -1.84. The molecule has 0 spiro atoms. The number of esters is 2. The minimum absolute atomic E-state index is 0.0598. The molecule has 2 unspecified atom stereocenters. The molecule has 2 amide bonds. The van der Waals surface area contributed by atoms with Gasteiger partial charge in [0.25, 0.3) is 0 Å². The average molecular weight is 380 g/mol. The number of rotatable bonds is 5. The van der Waals surface area contributed by atoms with Gasteiger partial charge in [0.1, 0.15) is 0 Å². The molecule has 0 bridgehead atoms. The average Bonchev–Trinajstić information content (AvgIpc) is 2.63. The fourth-order valence-corrected chi connectivity index (χ4v) is 3.84. The van der Waals surface area contributed by atoms with Crippen molar-refractivity contribution < 1.29 is 28.7 Å². The summed E-state index contributed by atoms with van der Waals surface area (Å²) in [5, 5.41) is 0. The number of methoxy groups -OCH3 is 2. The second kappa shape index (κ2) is 8.10. The zero-order valence-electron chi connectivity index (χ0n) is 16.4. The minimum Gasteiger partial charge on any atom is -0.469 e. The lowest BCUT2D eigenvalue weighted by molar-refractivity contribution is -0.158. The van der Waals surface area contributed by atoms with Gasteiger partial charge in [-0.2, -0.15) is 0 Å². The summed E-state index contributed by atoms with van der Waals surface area (Å²) in [7, 11) is 2.65. The zero-order chi connectivity index (χ0) is 20.4. The Kier molecular flexibility index (Phi) is 6.28. The highest BCUT2D eigenvalue weighted by molar-refractivity contribution is 5.95. The number of hydrogen-bond donors (Lipinski definition) is 0. The molecule has 2 heterocycles. The van der Waals surface area contributed by atoms with Gasteiger partial charge in [0.2, 0.25) is 11.8 Å². The van der Waals surface area contributed by atoms with Crippen molar-refractivity contribution in [1.29, 1.82) is 0 Å². The Bertz CT molecular complexity index is 657. The van der Waals surface area contributed by atoms with E-state index in [4.69, 9.17) is 9.47 Å². The Morgan fingerprint density at radius 2 is 1.56 bits per heavy atom. The Balaban J connectivity index is 2.07. The van der Waals surface area contributed by atoms with Gasteiger partial charge in [-0.05, 0) is 12.8 Å². The Morgan fingerprint density at radius 1 is 1.04 bits per heavy atom. The maximum atomic E-state index is 12.7. The van der Waals surface area contributed by atoms with E-state index in [9.17, 15) is 19.2 Å². The summed E-state index contributed by atoms with van der Waals surface area (Å²) in [6, 6.07) is 0. The van der Waals surface area contributed by atoms with Crippen LogP contribution in [0, 0.1) is 17.3 Å². The first kappa shape index (κ1) is 20.9. The van der Waals surface area contributed by atoms with E-state index < -0.39 is 17.3 Å². The first-order valence-electron chi connectivity index (χ1n) is 9.02. The van der Waals surface area contributed by atoms with Gasteiger partial charge in [-0.1, -0.05) is 20.4 Å². The van der Waals surface area contributed by atoms with Gasteiger partial charge in [0.15, 0.2) is 0 Å². The predicted molar refractivity (Wildman–Crippen MR) is 96.3 cm³/mol. The number of hydrogen-bond acceptors (Lipinski definition) is 6. The molecule has 2 fully saturated rings. The predicted octanol–water partition coefficient (Wildman–Crippen LogP) is 0.612. The van der Waals surface area contributed by atoms with E-state index >= 15 is 0 Å². The van der Waals surface area contributed by atoms with Crippen LogP contribution in [0.1, 0.15) is 26.7 Å². The van der Waals surface area contributed by atoms with Crippen LogP contribution in [-0.4, -0.2) is 74.0 Å². The number of nitrogens with zero attached hydrogens (tertiary/aromatic N) is 2. The highest BCUT2D eigenvalue weighted by Gasteiger charge is 2.43. The summed E-state index contributed by atoms with van der Waals surface area (Å²) in [6.07, 6.45) is 0.709. The molecule has 0 aromatic rings. The summed E-state index contributed by atoms with van der Waals surface area (Å²) < 4.78 is 9.62. The van der Waals surface area contributed by atoms with Gasteiger partial charge in [0, 0.05) is 37.2 Å². The Hall–Kier alpha value is -2.38. The minimum atomic E-state index is -0.679. The first-order valence-corrected chi connectivity index (χ1v) is 9.02. The summed E-state index contributed by atoms with van der Waals surface area (Å²) in [6.45, 7) is 8.40. The standard InChI is InChI=1S/C19H28N2O6/c1-12-8-13(16(23)26-4)10-20(15(12)22)6-7-21-11-14(17(24)27-5)9-19(2,3)18(21)25/h13-14H,1,6-11H2,2-5H3. The van der Waals surface area contributed by atoms with Crippen LogP contribution in [0.4, 0.5) is 0 Å². The van der Waals surface area contributed by atoms with E-state index in [-0.39, 0.29) is 56.4 Å². The molecule has 2 atom stereocenters. The van der Waals surface area contributed by atoms with Gasteiger partial charge in [-0.25, -0.2) is 0 Å². The molecule has 8 nitrogen and oxygen atoms in total. The Morgan fingerprint density at radius 3 is 2.15 bits per heavy atom. The Labute approximate surface area is 159 Å². The van der Waals surface area contributed by atoms with Crippen molar-refractivity contribution in [3.05, 3.63) is 12.2 Å². The van der Waals surface area contributed by atoms with E-state index in [2.05, 4.69) is 6.58 Å². The molecule has 0 N–H and O–H groups in total. The number of amides is 2. The fraction of sp³-hybridized carbons (Fsp3) is 0.684. The van der Waals surface area contributed by atoms with Gasteiger partial charge in [-0.15, -0.1) is 0 Å². The first-order chi connectivity index (χ1) is 12.6. The lowest BCUT2D eigenvalue weighted by Crippen LogP contribution is -2.54. The van der Waals surface area contributed by atoms with Crippen LogP contribution in [0.25, 0.3) is 0 Å². The van der Waals surface area contributed by atoms with Gasteiger partial charge in [0.05, 0.1) is 26.1 Å². The van der Waals surface area contributed by atoms with Crippen molar-refractivity contribution in [2.45, 2.75) is 26.7 Å². The van der Waals surface area contributed by atoms with Crippen molar-refractivity contribution in [3.63, 3.8) is 0 Å². The molecule has 2 rings (SSSR count). The molecule has 0 radical (unpaired) electrons. The van der Waals surface area contributed by atoms with Gasteiger partial charge in [-0.3, -0.25) is 19.2 Å². The van der Waals surface area contributed by atoms with Crippen LogP contribution in [0.5, 0.6) is 0 Å². The molecule has 0 aliphatic carbocycles. The molecule has 150 valence electrons. The highest BCUT2D eigenvalue weighted by Crippen LogP contribution is 2.34. The number of carbonyl (C=O) groups is 4. The zero-order valence-corrected chi connectivity index (χ0v) is 16.4. The van der Waals surface area contributed by atoms with E-state index in [0.29, 0.717) is 12.0 Å². The van der Waals surface area contributed by atoms with Crippen molar-refractivity contribution in [3.8, 4) is 0 Å². The van der Waals surface area contributed by atoms with E-state index in [1.807, 2.05) is 0 Å². The van der Waals surface area contributed by atoms with E-state index in [1.54, 1.807) is 18.7 Å². The van der Waals surface area contributed by atoms with Crippen LogP contribution < -0.4 is 0 Å². The number of carbonyl (C=O) groups excluding carboxylic acids is 4. The van der Waals surface area contributed by atoms with Gasteiger partial charge < -0.3 is 19.3 Å². The third kappa shape index (κ3) is 4.48. The van der Waals surface area contributed by atoms with Crippen LogP contribution in [-0.2, 0) is 28.7 Å². The molecule has 2 aliphatic heterocycles. The van der Waals surface area contributed by atoms with Crippen LogP contribution in [0.2, 0.25) is 0 Å². The molecule has 0 aromatic heterocycles. The van der Waals surface area contributed by atoms with Crippen molar-refractivity contribution >= 4 is 23.8 Å². The van der Waals surface area contributed by atoms with E-state index in [1.165, 1.54) is 19.1 Å². The molecule has 0 saturated carbocycles. The molecule has 0 aromatic carbocycles. The highest BCUT2D eigenvalue weighted by atomic mass is 16.5. The lowest BCUT2D eigenvalue weighted by atomic mass is 9.77. The molecular formula is C19H28N2O6. The molecule has 8 heteroatoms. The number of likely N-dealkylation sites (tertiary alicyclic amines) is 2. The summed E-state index contributed by atoms with van der Waals surface area (Å²) in [4.78, 5) is 52.0. The summed E-state index contributed by atoms with van der Waals surface area (Å²) in [5.41, 5.74) is -0.323. The lowest BCUT2D eigenvalue weighted by Gasteiger charge is -2.42. The normalized spacial score (nSPS) is 25.4. The monoisotopic (exact) mass is 380 g/mol. The SMILES string of the molecule is C=C1CC(C(=O)OC)CN(CCN2CC(C(=O)OC)CC(C)(C)C2=O)C1=O.